The molecule has 6 nitrogen and oxygen atoms in total. The minimum absolute atomic E-state index is 0.258. The minimum Gasteiger partial charge on any atom is -0.357 e. The van der Waals surface area contributed by atoms with Crippen LogP contribution < -0.4 is 10.6 Å². The molecule has 2 atom stereocenters. The molecule has 2 aliphatic heterocycles. The number of hydrogen-bond acceptors (Lipinski definition) is 4. The third kappa shape index (κ3) is 6.71. The topological polar surface area (TPSA) is 60.0 Å². The van der Waals surface area contributed by atoms with Gasteiger partial charge in [-0.3, -0.25) is 14.7 Å². The highest BCUT2D eigenvalue weighted by Gasteiger charge is 2.24. The largest absolute Gasteiger partial charge is 0.357 e. The van der Waals surface area contributed by atoms with Crippen molar-refractivity contribution < 1.29 is 4.79 Å². The summed E-state index contributed by atoms with van der Waals surface area (Å²) in [6.45, 7) is 10.6. The molecule has 2 N–H and O–H groups in total. The molecule has 2 fully saturated rings. The Morgan fingerprint density at radius 3 is 2.79 bits per heavy atom. The van der Waals surface area contributed by atoms with Crippen molar-refractivity contribution in [3.8, 4) is 0 Å². The van der Waals surface area contributed by atoms with E-state index in [1.807, 2.05) is 16.2 Å². The second-order valence-electron chi connectivity index (χ2n) is 8.26. The fourth-order valence-electron chi connectivity index (χ4n) is 4.30. The number of guanidine groups is 1. The van der Waals surface area contributed by atoms with Crippen LogP contribution in [0.5, 0.6) is 0 Å². The van der Waals surface area contributed by atoms with Crippen LogP contribution in [0.15, 0.2) is 22.5 Å². The molecule has 29 heavy (non-hydrogen) atoms. The van der Waals surface area contributed by atoms with Crippen molar-refractivity contribution >= 4 is 23.2 Å². The van der Waals surface area contributed by atoms with Crippen LogP contribution in [0.3, 0.4) is 0 Å². The lowest BCUT2D eigenvalue weighted by Gasteiger charge is -2.31. The first-order valence-corrected chi connectivity index (χ1v) is 12.1. The third-order valence-corrected chi connectivity index (χ3v) is 6.83. The summed E-state index contributed by atoms with van der Waals surface area (Å²) in [5.41, 5.74) is 0. The van der Waals surface area contributed by atoms with Crippen molar-refractivity contribution in [2.75, 3.05) is 45.8 Å². The van der Waals surface area contributed by atoms with Gasteiger partial charge in [-0.1, -0.05) is 13.0 Å². The number of rotatable bonds is 8. The van der Waals surface area contributed by atoms with E-state index in [2.05, 4.69) is 46.9 Å². The SMILES string of the molecule is CCNC(=NCC(c1cccs1)N1CCCC1)NCCC(=O)N1CCCC(C)C1. The molecule has 3 heterocycles. The maximum absolute atomic E-state index is 12.5. The number of nitrogens with one attached hydrogen (secondary N) is 2. The first-order valence-electron chi connectivity index (χ1n) is 11.2. The Bertz CT molecular complexity index is 642. The van der Waals surface area contributed by atoms with Crippen LogP contribution in [0.25, 0.3) is 0 Å². The van der Waals surface area contributed by atoms with Gasteiger partial charge in [0.15, 0.2) is 5.96 Å². The average Bonchev–Trinajstić information content (AvgIpc) is 3.43. The third-order valence-electron chi connectivity index (χ3n) is 5.86. The highest BCUT2D eigenvalue weighted by atomic mass is 32.1. The van der Waals surface area contributed by atoms with Crippen LogP contribution in [-0.4, -0.2) is 67.5 Å². The summed E-state index contributed by atoms with van der Waals surface area (Å²) >= 11 is 1.82. The fourth-order valence-corrected chi connectivity index (χ4v) is 5.15. The van der Waals surface area contributed by atoms with E-state index in [4.69, 9.17) is 4.99 Å². The molecule has 2 unspecified atom stereocenters. The Morgan fingerprint density at radius 1 is 1.28 bits per heavy atom. The predicted molar refractivity (Wildman–Crippen MR) is 121 cm³/mol. The van der Waals surface area contributed by atoms with Crippen molar-refractivity contribution in [3.63, 3.8) is 0 Å². The summed E-state index contributed by atoms with van der Waals surface area (Å²) in [5, 5.41) is 8.85. The van der Waals surface area contributed by atoms with E-state index < -0.39 is 0 Å². The van der Waals surface area contributed by atoms with Gasteiger partial charge in [0, 0.05) is 37.5 Å². The average molecular weight is 420 g/mol. The molecule has 2 saturated heterocycles. The van der Waals surface area contributed by atoms with Gasteiger partial charge in [0.25, 0.3) is 0 Å². The zero-order chi connectivity index (χ0) is 20.5. The van der Waals surface area contributed by atoms with Crippen molar-refractivity contribution in [2.45, 2.75) is 52.0 Å². The highest BCUT2D eigenvalue weighted by molar-refractivity contribution is 7.10. The number of carbonyl (C=O) groups excluding carboxylic acids is 1. The van der Waals surface area contributed by atoms with Crippen molar-refractivity contribution in [1.29, 1.82) is 0 Å². The van der Waals surface area contributed by atoms with Crippen LogP contribution in [0, 0.1) is 5.92 Å². The smallest absolute Gasteiger partial charge is 0.224 e. The Balaban J connectivity index is 1.52. The molecule has 0 aromatic carbocycles. The first-order chi connectivity index (χ1) is 14.2. The van der Waals surface area contributed by atoms with E-state index in [-0.39, 0.29) is 5.91 Å². The Morgan fingerprint density at radius 2 is 2.10 bits per heavy atom. The van der Waals surface area contributed by atoms with Crippen molar-refractivity contribution in [3.05, 3.63) is 22.4 Å². The van der Waals surface area contributed by atoms with Gasteiger partial charge in [-0.25, -0.2) is 0 Å². The van der Waals surface area contributed by atoms with Gasteiger partial charge in [-0.2, -0.15) is 0 Å². The molecular weight excluding hydrogens is 382 g/mol. The van der Waals surface area contributed by atoms with Gasteiger partial charge in [0.1, 0.15) is 0 Å². The van der Waals surface area contributed by atoms with Crippen molar-refractivity contribution in [2.24, 2.45) is 10.9 Å². The molecule has 2 aliphatic rings. The summed E-state index contributed by atoms with van der Waals surface area (Å²) < 4.78 is 0. The highest BCUT2D eigenvalue weighted by Crippen LogP contribution is 2.28. The number of aliphatic imine (C=N–C) groups is 1. The molecular formula is C22H37N5OS. The Hall–Kier alpha value is -1.60. The molecule has 3 rings (SSSR count). The summed E-state index contributed by atoms with van der Waals surface area (Å²) in [7, 11) is 0. The van der Waals surface area contributed by atoms with E-state index in [0.29, 0.717) is 24.9 Å². The lowest BCUT2D eigenvalue weighted by molar-refractivity contribution is -0.132. The molecule has 1 amide bonds. The van der Waals surface area contributed by atoms with Gasteiger partial charge in [-0.05, 0) is 63.1 Å². The molecule has 0 bridgehead atoms. The van der Waals surface area contributed by atoms with E-state index >= 15 is 0 Å². The Kier molecular flexibility index (Phi) is 8.80. The van der Waals surface area contributed by atoms with Crippen LogP contribution in [0.1, 0.15) is 56.9 Å². The number of carbonyl (C=O) groups is 1. The van der Waals surface area contributed by atoms with Gasteiger partial charge in [-0.15, -0.1) is 11.3 Å². The molecule has 7 heteroatoms. The van der Waals surface area contributed by atoms with Crippen LogP contribution >= 0.6 is 11.3 Å². The molecule has 1 aromatic heterocycles. The van der Waals surface area contributed by atoms with Crippen molar-refractivity contribution in [1.82, 2.24) is 20.4 Å². The van der Waals surface area contributed by atoms with Gasteiger partial charge < -0.3 is 15.5 Å². The fraction of sp³-hybridized carbons (Fsp3) is 0.727. The maximum Gasteiger partial charge on any atom is 0.224 e. The zero-order valence-electron chi connectivity index (χ0n) is 18.0. The summed E-state index contributed by atoms with van der Waals surface area (Å²) in [6.07, 6.45) is 5.45. The summed E-state index contributed by atoms with van der Waals surface area (Å²) in [5.74, 6) is 1.70. The molecule has 162 valence electrons. The zero-order valence-corrected chi connectivity index (χ0v) is 18.8. The lowest BCUT2D eigenvalue weighted by atomic mass is 10.00. The molecule has 0 saturated carbocycles. The van der Waals surface area contributed by atoms with E-state index in [1.54, 1.807) is 0 Å². The number of likely N-dealkylation sites (tertiary alicyclic amines) is 2. The lowest BCUT2D eigenvalue weighted by Crippen LogP contribution is -2.42. The number of amides is 1. The number of hydrogen-bond donors (Lipinski definition) is 2. The van der Waals surface area contributed by atoms with Gasteiger partial charge in [0.2, 0.25) is 5.91 Å². The monoisotopic (exact) mass is 419 g/mol. The number of nitrogens with zero attached hydrogens (tertiary/aromatic N) is 3. The maximum atomic E-state index is 12.5. The molecule has 0 spiro atoms. The molecule has 1 aromatic rings. The van der Waals surface area contributed by atoms with E-state index in [9.17, 15) is 4.79 Å². The molecule has 0 aliphatic carbocycles. The number of thiophene rings is 1. The standard InChI is InChI=1S/C22H37N5OS/c1-3-23-22(24-11-10-21(28)27-14-6-8-18(2)17-27)25-16-19(20-9-7-15-29-20)26-12-4-5-13-26/h7,9,15,18-19H,3-6,8,10-14,16-17H2,1-2H3,(H2,23,24,25). The minimum atomic E-state index is 0.258. The van der Waals surface area contributed by atoms with E-state index in [1.165, 1.54) is 24.1 Å². The molecule has 0 radical (unpaired) electrons. The summed E-state index contributed by atoms with van der Waals surface area (Å²) in [6, 6.07) is 4.70. The van der Waals surface area contributed by atoms with Gasteiger partial charge >= 0.3 is 0 Å². The van der Waals surface area contributed by atoms with Crippen LogP contribution in [0.4, 0.5) is 0 Å². The van der Waals surface area contributed by atoms with Gasteiger partial charge in [0.05, 0.1) is 12.6 Å². The quantitative estimate of drug-likeness (QED) is 0.502. The summed E-state index contributed by atoms with van der Waals surface area (Å²) in [4.78, 5) is 23.3. The Labute approximate surface area is 179 Å². The van der Waals surface area contributed by atoms with E-state index in [0.717, 1.165) is 51.6 Å². The number of piperidine rings is 1. The second kappa shape index (κ2) is 11.6. The van der Waals surface area contributed by atoms with Crippen LogP contribution in [0.2, 0.25) is 0 Å². The second-order valence-corrected chi connectivity index (χ2v) is 9.24. The predicted octanol–water partition coefficient (Wildman–Crippen LogP) is 3.09. The van der Waals surface area contributed by atoms with Crippen LogP contribution in [-0.2, 0) is 4.79 Å². The first kappa shape index (κ1) is 22.1. The normalized spacial score (nSPS) is 21.9.